The molecule has 0 aromatic carbocycles. The molecule has 1 saturated carbocycles. The molecule has 7 nitrogen and oxygen atoms in total. The first-order chi connectivity index (χ1) is 11.2. The number of rotatable bonds is 4. The maximum atomic E-state index is 12.1. The van der Waals surface area contributed by atoms with Gasteiger partial charge in [0.05, 0.1) is 5.56 Å². The van der Waals surface area contributed by atoms with E-state index in [9.17, 15) is 14.4 Å². The van der Waals surface area contributed by atoms with Crippen molar-refractivity contribution in [3.8, 4) is 0 Å². The van der Waals surface area contributed by atoms with E-state index < -0.39 is 5.91 Å². The van der Waals surface area contributed by atoms with Gasteiger partial charge in [-0.2, -0.15) is 0 Å². The van der Waals surface area contributed by atoms with Crippen LogP contribution < -0.4 is 10.6 Å². The monoisotopic (exact) mass is 316 g/mol. The first-order valence-electron chi connectivity index (χ1n) is 8.02. The van der Waals surface area contributed by atoms with Crippen molar-refractivity contribution in [3.63, 3.8) is 0 Å². The number of carbonyl (C=O) groups is 3. The van der Waals surface area contributed by atoms with Crippen LogP contribution in [0.3, 0.4) is 0 Å². The minimum atomic E-state index is -0.403. The smallest absolute Gasteiger partial charge is 0.315 e. The standard InChI is InChI=1S/C16H20N4O3/c21-14-12-7-4-8-17-13(12)15(22)20(14)10-9-18-16(23)19-11-5-2-1-3-6-11/h4,7-8,11H,1-3,5-6,9-10H2,(H2,18,19,23). The fourth-order valence-corrected chi connectivity index (χ4v) is 3.08. The van der Waals surface area contributed by atoms with Crippen LogP contribution in [-0.2, 0) is 0 Å². The van der Waals surface area contributed by atoms with Crippen molar-refractivity contribution in [1.29, 1.82) is 0 Å². The number of nitrogens with one attached hydrogen (secondary N) is 2. The molecule has 1 aromatic rings. The molecule has 0 atom stereocenters. The van der Waals surface area contributed by atoms with E-state index in [1.807, 2.05) is 0 Å². The summed E-state index contributed by atoms with van der Waals surface area (Å²) >= 11 is 0. The van der Waals surface area contributed by atoms with Gasteiger partial charge in [-0.05, 0) is 25.0 Å². The normalized spacial score (nSPS) is 18.0. The molecular weight excluding hydrogens is 296 g/mol. The Hall–Kier alpha value is -2.44. The van der Waals surface area contributed by atoms with Crippen LogP contribution in [0.25, 0.3) is 0 Å². The van der Waals surface area contributed by atoms with Gasteiger partial charge in [-0.1, -0.05) is 19.3 Å². The lowest BCUT2D eigenvalue weighted by Gasteiger charge is -2.23. The Morgan fingerprint density at radius 2 is 2.00 bits per heavy atom. The van der Waals surface area contributed by atoms with Crippen molar-refractivity contribution in [2.75, 3.05) is 13.1 Å². The maximum Gasteiger partial charge on any atom is 0.315 e. The second-order valence-electron chi connectivity index (χ2n) is 5.90. The molecular formula is C16H20N4O3. The number of urea groups is 1. The van der Waals surface area contributed by atoms with Gasteiger partial charge in [0, 0.05) is 25.3 Å². The molecule has 4 amide bonds. The summed E-state index contributed by atoms with van der Waals surface area (Å²) in [7, 11) is 0. The molecule has 0 spiro atoms. The highest BCUT2D eigenvalue weighted by Gasteiger charge is 2.36. The summed E-state index contributed by atoms with van der Waals surface area (Å²) in [5, 5.41) is 5.64. The zero-order chi connectivity index (χ0) is 16.2. The molecule has 0 radical (unpaired) electrons. The molecule has 1 aromatic heterocycles. The number of hydrogen-bond acceptors (Lipinski definition) is 4. The zero-order valence-electron chi connectivity index (χ0n) is 12.9. The number of pyridine rings is 1. The third kappa shape index (κ3) is 3.33. The van der Waals surface area contributed by atoms with Gasteiger partial charge < -0.3 is 10.6 Å². The van der Waals surface area contributed by atoms with E-state index in [2.05, 4.69) is 15.6 Å². The first kappa shape index (κ1) is 15.5. The van der Waals surface area contributed by atoms with E-state index in [1.54, 1.807) is 12.1 Å². The number of carbonyl (C=O) groups excluding carboxylic acids is 3. The molecule has 3 rings (SSSR count). The lowest BCUT2D eigenvalue weighted by molar-refractivity contribution is 0.0654. The SMILES string of the molecule is O=C(NCCN1C(=O)c2cccnc2C1=O)NC1CCCCC1. The van der Waals surface area contributed by atoms with Crippen LogP contribution in [0.5, 0.6) is 0 Å². The Morgan fingerprint density at radius 1 is 1.22 bits per heavy atom. The summed E-state index contributed by atoms with van der Waals surface area (Å²) in [5.74, 6) is -0.757. The average Bonchev–Trinajstić information content (AvgIpc) is 2.81. The van der Waals surface area contributed by atoms with Gasteiger partial charge in [0.15, 0.2) is 0 Å². The van der Waals surface area contributed by atoms with Crippen LogP contribution >= 0.6 is 0 Å². The number of aromatic nitrogens is 1. The highest BCUT2D eigenvalue weighted by Crippen LogP contribution is 2.19. The second-order valence-corrected chi connectivity index (χ2v) is 5.90. The van der Waals surface area contributed by atoms with Crippen LogP contribution in [0.4, 0.5) is 4.79 Å². The molecule has 2 heterocycles. The van der Waals surface area contributed by atoms with Crippen molar-refractivity contribution in [2.24, 2.45) is 0 Å². The number of imide groups is 1. The van der Waals surface area contributed by atoms with Crippen LogP contribution in [0, 0.1) is 0 Å². The lowest BCUT2D eigenvalue weighted by Crippen LogP contribution is -2.45. The molecule has 1 aliphatic carbocycles. The highest BCUT2D eigenvalue weighted by atomic mass is 16.2. The fourth-order valence-electron chi connectivity index (χ4n) is 3.08. The van der Waals surface area contributed by atoms with E-state index in [4.69, 9.17) is 0 Å². The van der Waals surface area contributed by atoms with Crippen molar-refractivity contribution >= 4 is 17.8 Å². The summed E-state index contributed by atoms with van der Waals surface area (Å²) in [6, 6.07) is 3.20. The molecule has 7 heteroatoms. The minimum Gasteiger partial charge on any atom is -0.336 e. The quantitative estimate of drug-likeness (QED) is 0.819. The van der Waals surface area contributed by atoms with Gasteiger partial charge in [-0.3, -0.25) is 19.5 Å². The van der Waals surface area contributed by atoms with Crippen LogP contribution in [0.1, 0.15) is 53.0 Å². The molecule has 23 heavy (non-hydrogen) atoms. The predicted octanol–water partition coefficient (Wildman–Crippen LogP) is 1.31. The van der Waals surface area contributed by atoms with Crippen molar-refractivity contribution < 1.29 is 14.4 Å². The van der Waals surface area contributed by atoms with E-state index in [1.165, 1.54) is 12.6 Å². The Balaban J connectivity index is 1.47. The molecule has 0 unspecified atom stereocenters. The van der Waals surface area contributed by atoms with Crippen molar-refractivity contribution in [3.05, 3.63) is 29.6 Å². The van der Waals surface area contributed by atoms with Gasteiger partial charge in [0.25, 0.3) is 11.8 Å². The van der Waals surface area contributed by atoms with Crippen LogP contribution in [0.15, 0.2) is 18.3 Å². The highest BCUT2D eigenvalue weighted by molar-refractivity contribution is 6.20. The van der Waals surface area contributed by atoms with Gasteiger partial charge in [0.1, 0.15) is 5.69 Å². The topological polar surface area (TPSA) is 91.4 Å². The first-order valence-corrected chi connectivity index (χ1v) is 8.02. The third-order valence-electron chi connectivity index (χ3n) is 4.29. The molecule has 1 aliphatic heterocycles. The Labute approximate surface area is 134 Å². The Kier molecular flexibility index (Phi) is 4.55. The maximum absolute atomic E-state index is 12.1. The summed E-state index contributed by atoms with van der Waals surface area (Å²) in [6.07, 6.45) is 7.03. The van der Waals surface area contributed by atoms with E-state index >= 15 is 0 Å². The van der Waals surface area contributed by atoms with Crippen molar-refractivity contribution in [1.82, 2.24) is 20.5 Å². The molecule has 2 N–H and O–H groups in total. The fraction of sp³-hybridized carbons (Fsp3) is 0.500. The molecule has 122 valence electrons. The van der Waals surface area contributed by atoms with E-state index in [0.717, 1.165) is 30.6 Å². The Morgan fingerprint density at radius 3 is 2.74 bits per heavy atom. The molecule has 0 saturated heterocycles. The minimum absolute atomic E-state index is 0.145. The molecule has 0 bridgehead atoms. The summed E-state index contributed by atoms with van der Waals surface area (Å²) in [5.41, 5.74) is 0.508. The van der Waals surface area contributed by atoms with Crippen LogP contribution in [-0.4, -0.2) is 46.9 Å². The summed E-state index contributed by atoms with van der Waals surface area (Å²) < 4.78 is 0. The number of amides is 4. The van der Waals surface area contributed by atoms with E-state index in [0.29, 0.717) is 5.56 Å². The second kappa shape index (κ2) is 6.76. The summed E-state index contributed by atoms with van der Waals surface area (Å²) in [6.45, 7) is 0.371. The number of fused-ring (bicyclic) bond motifs is 1. The third-order valence-corrected chi connectivity index (χ3v) is 4.29. The summed E-state index contributed by atoms with van der Waals surface area (Å²) in [4.78, 5) is 41.2. The van der Waals surface area contributed by atoms with E-state index in [-0.39, 0.29) is 36.8 Å². The zero-order valence-corrected chi connectivity index (χ0v) is 12.9. The molecule has 1 fully saturated rings. The van der Waals surface area contributed by atoms with Crippen molar-refractivity contribution in [2.45, 2.75) is 38.1 Å². The number of nitrogens with zero attached hydrogens (tertiary/aromatic N) is 2. The van der Waals surface area contributed by atoms with Gasteiger partial charge in [0.2, 0.25) is 0 Å². The van der Waals surface area contributed by atoms with Gasteiger partial charge in [-0.25, -0.2) is 4.79 Å². The lowest BCUT2D eigenvalue weighted by atomic mass is 9.96. The van der Waals surface area contributed by atoms with Gasteiger partial charge >= 0.3 is 6.03 Å². The van der Waals surface area contributed by atoms with Crippen LogP contribution in [0.2, 0.25) is 0 Å². The van der Waals surface area contributed by atoms with Gasteiger partial charge in [-0.15, -0.1) is 0 Å². The Bertz CT molecular complexity index is 591. The predicted molar refractivity (Wildman–Crippen MR) is 83.0 cm³/mol. The number of hydrogen-bond donors (Lipinski definition) is 2. The average molecular weight is 316 g/mol. The molecule has 2 aliphatic rings. The largest absolute Gasteiger partial charge is 0.336 e.